The van der Waals surface area contributed by atoms with Crippen LogP contribution in [-0.4, -0.2) is 31.9 Å². The fourth-order valence-electron chi connectivity index (χ4n) is 2.10. The molecule has 2 aromatic rings. The molecule has 0 amide bonds. The largest absolute Gasteiger partial charge is 0.366 e. The van der Waals surface area contributed by atoms with E-state index in [1.807, 2.05) is 51.0 Å². The van der Waals surface area contributed by atoms with Gasteiger partial charge in [-0.05, 0) is 49.7 Å². The topological polar surface area (TPSA) is 18.8 Å². The molecule has 0 unspecified atom stereocenters. The van der Waals surface area contributed by atoms with Crippen LogP contribution in [0.15, 0.2) is 41.4 Å². The Labute approximate surface area is 142 Å². The quantitative estimate of drug-likeness (QED) is 0.555. The maximum Gasteiger partial charge on any atom is 0.148 e. The standard InChI is InChI=1S/C18H21ClFN3/c1-5-22(3)12-21-17-11-16(20)18(10-13(17)2)23(4)15-8-6-14(19)7-9-15/h6-12H,5H2,1-4H3. The van der Waals surface area contributed by atoms with Crippen LogP contribution < -0.4 is 4.90 Å². The molecular formula is C18H21ClFN3. The highest BCUT2D eigenvalue weighted by atomic mass is 35.5. The Bertz CT molecular complexity index is 698. The molecule has 0 saturated heterocycles. The molecule has 3 nitrogen and oxygen atoms in total. The summed E-state index contributed by atoms with van der Waals surface area (Å²) in [6.45, 7) is 4.81. The fourth-order valence-corrected chi connectivity index (χ4v) is 2.22. The third-order valence-corrected chi connectivity index (χ3v) is 3.99. The number of hydrogen-bond donors (Lipinski definition) is 0. The lowest BCUT2D eigenvalue weighted by molar-refractivity contribution is 0.552. The van der Waals surface area contributed by atoms with Crippen molar-refractivity contribution in [3.8, 4) is 0 Å². The first-order valence-electron chi connectivity index (χ1n) is 7.46. The van der Waals surface area contributed by atoms with E-state index in [-0.39, 0.29) is 5.82 Å². The highest BCUT2D eigenvalue weighted by Gasteiger charge is 2.12. The summed E-state index contributed by atoms with van der Waals surface area (Å²) in [5, 5.41) is 0.656. The third kappa shape index (κ3) is 4.23. The van der Waals surface area contributed by atoms with Crippen LogP contribution in [0.2, 0.25) is 5.02 Å². The second kappa shape index (κ2) is 7.47. The molecule has 0 bridgehead atoms. The summed E-state index contributed by atoms with van der Waals surface area (Å²) in [7, 11) is 3.76. The van der Waals surface area contributed by atoms with Gasteiger partial charge in [0, 0.05) is 37.4 Å². The lowest BCUT2D eigenvalue weighted by atomic mass is 10.1. The van der Waals surface area contributed by atoms with Crippen molar-refractivity contribution in [2.75, 3.05) is 25.5 Å². The van der Waals surface area contributed by atoms with Gasteiger partial charge in [-0.25, -0.2) is 9.38 Å². The molecule has 0 N–H and O–H groups in total. The fraction of sp³-hybridized carbons (Fsp3) is 0.278. The number of aliphatic imine (C=N–C) groups is 1. The minimum Gasteiger partial charge on any atom is -0.366 e. The van der Waals surface area contributed by atoms with E-state index in [2.05, 4.69) is 4.99 Å². The summed E-state index contributed by atoms with van der Waals surface area (Å²) in [5.74, 6) is -0.306. The summed E-state index contributed by atoms with van der Waals surface area (Å²) >= 11 is 5.90. The maximum absolute atomic E-state index is 14.5. The second-order valence-electron chi connectivity index (χ2n) is 5.44. The second-order valence-corrected chi connectivity index (χ2v) is 5.88. The van der Waals surface area contributed by atoms with E-state index in [1.54, 1.807) is 23.4 Å². The summed E-state index contributed by atoms with van der Waals surface area (Å²) < 4.78 is 14.5. The molecule has 0 aromatic heterocycles. The molecule has 23 heavy (non-hydrogen) atoms. The van der Waals surface area contributed by atoms with Crippen LogP contribution in [0, 0.1) is 12.7 Å². The van der Waals surface area contributed by atoms with Gasteiger partial charge in [-0.2, -0.15) is 0 Å². The van der Waals surface area contributed by atoms with Crippen LogP contribution in [-0.2, 0) is 0 Å². The molecule has 2 rings (SSSR count). The van der Waals surface area contributed by atoms with Crippen LogP contribution in [0.1, 0.15) is 12.5 Å². The van der Waals surface area contributed by atoms with E-state index in [0.29, 0.717) is 16.4 Å². The molecule has 0 aliphatic carbocycles. The zero-order valence-corrected chi connectivity index (χ0v) is 14.6. The van der Waals surface area contributed by atoms with E-state index in [9.17, 15) is 4.39 Å². The van der Waals surface area contributed by atoms with Gasteiger partial charge in [0.2, 0.25) is 0 Å². The molecule has 2 aromatic carbocycles. The minimum atomic E-state index is -0.306. The molecule has 0 radical (unpaired) electrons. The van der Waals surface area contributed by atoms with Crippen LogP contribution in [0.5, 0.6) is 0 Å². The minimum absolute atomic E-state index is 0.306. The smallest absolute Gasteiger partial charge is 0.148 e. The highest BCUT2D eigenvalue weighted by molar-refractivity contribution is 6.30. The summed E-state index contributed by atoms with van der Waals surface area (Å²) in [4.78, 5) is 8.08. The SMILES string of the molecule is CCN(C)C=Nc1cc(F)c(N(C)c2ccc(Cl)cc2)cc1C. The van der Waals surface area contributed by atoms with E-state index in [1.165, 1.54) is 6.07 Å². The van der Waals surface area contributed by atoms with Gasteiger partial charge in [0.1, 0.15) is 5.82 Å². The van der Waals surface area contributed by atoms with E-state index >= 15 is 0 Å². The Morgan fingerprint density at radius 3 is 2.43 bits per heavy atom. The third-order valence-electron chi connectivity index (χ3n) is 3.73. The number of aryl methyl sites for hydroxylation is 1. The molecule has 0 fully saturated rings. The first-order chi connectivity index (χ1) is 10.9. The number of hydrogen-bond acceptors (Lipinski definition) is 2. The first-order valence-corrected chi connectivity index (χ1v) is 7.84. The van der Waals surface area contributed by atoms with Gasteiger partial charge < -0.3 is 9.80 Å². The lowest BCUT2D eigenvalue weighted by Crippen LogP contribution is -2.14. The number of anilines is 2. The molecule has 0 atom stereocenters. The van der Waals surface area contributed by atoms with Crippen molar-refractivity contribution in [2.24, 2.45) is 4.99 Å². The van der Waals surface area contributed by atoms with Crippen LogP contribution >= 0.6 is 11.6 Å². The van der Waals surface area contributed by atoms with Crippen LogP contribution in [0.4, 0.5) is 21.5 Å². The lowest BCUT2D eigenvalue weighted by Gasteiger charge is -2.21. The Hall–Kier alpha value is -2.07. The van der Waals surface area contributed by atoms with Gasteiger partial charge in [-0.15, -0.1) is 0 Å². The number of halogens is 2. The number of nitrogens with zero attached hydrogens (tertiary/aromatic N) is 3. The molecule has 0 aliphatic rings. The molecule has 0 heterocycles. The van der Waals surface area contributed by atoms with Crippen molar-refractivity contribution in [3.05, 3.63) is 52.8 Å². The van der Waals surface area contributed by atoms with Gasteiger partial charge in [0.25, 0.3) is 0 Å². The normalized spacial score (nSPS) is 11.0. The van der Waals surface area contributed by atoms with Gasteiger partial charge in [-0.1, -0.05) is 11.6 Å². The average Bonchev–Trinajstić information content (AvgIpc) is 2.55. The number of benzene rings is 2. The Kier molecular flexibility index (Phi) is 5.61. The van der Waals surface area contributed by atoms with Crippen molar-refractivity contribution in [1.29, 1.82) is 0 Å². The zero-order valence-electron chi connectivity index (χ0n) is 13.8. The van der Waals surface area contributed by atoms with Crippen molar-refractivity contribution in [3.63, 3.8) is 0 Å². The molecule has 0 spiro atoms. The molecular weight excluding hydrogens is 313 g/mol. The maximum atomic E-state index is 14.5. The number of rotatable bonds is 5. The first kappa shape index (κ1) is 17.3. The molecule has 122 valence electrons. The monoisotopic (exact) mass is 333 g/mol. The van der Waals surface area contributed by atoms with Crippen molar-refractivity contribution in [1.82, 2.24) is 4.90 Å². The predicted molar refractivity (Wildman–Crippen MR) is 97.1 cm³/mol. The predicted octanol–water partition coefficient (Wildman–Crippen LogP) is 5.17. The van der Waals surface area contributed by atoms with Crippen molar-refractivity contribution < 1.29 is 4.39 Å². The molecule has 0 aliphatic heterocycles. The Morgan fingerprint density at radius 2 is 1.83 bits per heavy atom. The summed E-state index contributed by atoms with van der Waals surface area (Å²) in [6, 6.07) is 10.6. The van der Waals surface area contributed by atoms with E-state index in [0.717, 1.165) is 17.8 Å². The van der Waals surface area contributed by atoms with Gasteiger partial charge in [0.05, 0.1) is 17.7 Å². The highest BCUT2D eigenvalue weighted by Crippen LogP contribution is 2.32. The van der Waals surface area contributed by atoms with Crippen molar-refractivity contribution >= 4 is 35.0 Å². The van der Waals surface area contributed by atoms with Crippen LogP contribution in [0.3, 0.4) is 0 Å². The molecule has 5 heteroatoms. The zero-order chi connectivity index (χ0) is 17.0. The average molecular weight is 334 g/mol. The van der Waals surface area contributed by atoms with Crippen LogP contribution in [0.25, 0.3) is 0 Å². The van der Waals surface area contributed by atoms with Gasteiger partial charge >= 0.3 is 0 Å². The molecule has 0 saturated carbocycles. The Balaban J connectivity index is 2.32. The van der Waals surface area contributed by atoms with Crippen molar-refractivity contribution in [2.45, 2.75) is 13.8 Å². The van der Waals surface area contributed by atoms with E-state index in [4.69, 9.17) is 11.6 Å². The summed E-state index contributed by atoms with van der Waals surface area (Å²) in [5.41, 5.74) is 2.93. The van der Waals surface area contributed by atoms with E-state index < -0.39 is 0 Å². The summed E-state index contributed by atoms with van der Waals surface area (Å²) in [6.07, 6.45) is 1.71. The van der Waals surface area contributed by atoms with Gasteiger partial charge in [-0.3, -0.25) is 0 Å². The Morgan fingerprint density at radius 1 is 1.17 bits per heavy atom. The van der Waals surface area contributed by atoms with Gasteiger partial charge in [0.15, 0.2) is 0 Å².